The molecule has 0 aliphatic heterocycles. The fourth-order valence-electron chi connectivity index (χ4n) is 1.60. The number of hydrogen-bond acceptors (Lipinski definition) is 4. The van der Waals surface area contributed by atoms with E-state index < -0.39 is 30.4 Å². The van der Waals surface area contributed by atoms with E-state index in [1.807, 2.05) is 6.07 Å². The Morgan fingerprint density at radius 3 is 2.37 bits per heavy atom. The molecular formula is C14H21NO4. The first-order valence-electron chi connectivity index (χ1n) is 6.17. The second-order valence-electron chi connectivity index (χ2n) is 5.28. The molecule has 1 aromatic rings. The number of carbonyl (C=O) groups is 1. The quantitative estimate of drug-likeness (QED) is 0.774. The second-order valence-corrected chi connectivity index (χ2v) is 5.28. The highest BCUT2D eigenvalue weighted by molar-refractivity contribution is 5.68. The summed E-state index contributed by atoms with van der Waals surface area (Å²) in [5, 5.41) is 21.4. The Labute approximate surface area is 113 Å². The Bertz CT molecular complexity index is 400. The number of aliphatic hydroxyl groups is 2. The summed E-state index contributed by atoms with van der Waals surface area (Å²) < 4.78 is 5.14. The van der Waals surface area contributed by atoms with E-state index in [1.54, 1.807) is 45.0 Å². The maximum atomic E-state index is 11.7. The van der Waals surface area contributed by atoms with Gasteiger partial charge in [0.2, 0.25) is 0 Å². The minimum atomic E-state index is -1.09. The lowest BCUT2D eigenvalue weighted by Gasteiger charge is -2.26. The van der Waals surface area contributed by atoms with Crippen LogP contribution in [0.25, 0.3) is 0 Å². The van der Waals surface area contributed by atoms with E-state index in [0.29, 0.717) is 5.56 Å². The zero-order chi connectivity index (χ0) is 14.5. The highest BCUT2D eigenvalue weighted by Crippen LogP contribution is 2.18. The summed E-state index contributed by atoms with van der Waals surface area (Å²) in [5.74, 6) is 0. The lowest BCUT2D eigenvalue weighted by Crippen LogP contribution is -2.40. The SMILES string of the molecule is CC(C)(C)OC(=O)NC(c1ccccc1)C(O)CO. The van der Waals surface area contributed by atoms with E-state index in [4.69, 9.17) is 9.84 Å². The molecule has 0 saturated heterocycles. The molecule has 1 amide bonds. The van der Waals surface area contributed by atoms with Crippen molar-refractivity contribution < 1.29 is 19.7 Å². The van der Waals surface area contributed by atoms with Gasteiger partial charge in [0.05, 0.1) is 12.6 Å². The predicted octanol–water partition coefficient (Wildman–Crippen LogP) is 1.61. The average molecular weight is 267 g/mol. The van der Waals surface area contributed by atoms with Gasteiger partial charge in [-0.05, 0) is 26.3 Å². The molecule has 1 rings (SSSR count). The van der Waals surface area contributed by atoms with Crippen molar-refractivity contribution in [3.8, 4) is 0 Å². The van der Waals surface area contributed by atoms with Crippen LogP contribution in [-0.2, 0) is 4.74 Å². The highest BCUT2D eigenvalue weighted by Gasteiger charge is 2.25. The summed E-state index contributed by atoms with van der Waals surface area (Å²) in [4.78, 5) is 11.7. The third-order valence-electron chi connectivity index (χ3n) is 2.40. The van der Waals surface area contributed by atoms with Gasteiger partial charge in [0.15, 0.2) is 0 Å². The van der Waals surface area contributed by atoms with Gasteiger partial charge in [0.1, 0.15) is 11.7 Å². The number of amides is 1. The van der Waals surface area contributed by atoms with Crippen LogP contribution in [0.4, 0.5) is 4.79 Å². The Balaban J connectivity index is 2.80. The minimum absolute atomic E-state index is 0.449. The average Bonchev–Trinajstić information content (AvgIpc) is 2.34. The van der Waals surface area contributed by atoms with E-state index in [-0.39, 0.29) is 0 Å². The number of benzene rings is 1. The zero-order valence-corrected chi connectivity index (χ0v) is 11.5. The van der Waals surface area contributed by atoms with E-state index in [9.17, 15) is 9.90 Å². The normalized spacial score (nSPS) is 14.6. The summed E-state index contributed by atoms with van der Waals surface area (Å²) in [7, 11) is 0. The summed E-state index contributed by atoms with van der Waals surface area (Å²) in [5.41, 5.74) is 0.0880. The monoisotopic (exact) mass is 267 g/mol. The Morgan fingerprint density at radius 2 is 1.89 bits per heavy atom. The topological polar surface area (TPSA) is 78.8 Å². The van der Waals surface area contributed by atoms with E-state index in [1.165, 1.54) is 0 Å². The van der Waals surface area contributed by atoms with Crippen molar-refractivity contribution in [3.63, 3.8) is 0 Å². The third kappa shape index (κ3) is 5.28. The predicted molar refractivity (Wildman–Crippen MR) is 71.6 cm³/mol. The van der Waals surface area contributed by atoms with Gasteiger partial charge in [0, 0.05) is 0 Å². The molecular weight excluding hydrogens is 246 g/mol. The fourth-order valence-corrected chi connectivity index (χ4v) is 1.60. The lowest BCUT2D eigenvalue weighted by atomic mass is 10.0. The summed E-state index contributed by atoms with van der Waals surface area (Å²) in [6.45, 7) is 4.82. The molecule has 1 aromatic carbocycles. The molecule has 0 aliphatic rings. The largest absolute Gasteiger partial charge is 0.444 e. The number of carbonyl (C=O) groups excluding carboxylic acids is 1. The molecule has 0 heterocycles. The zero-order valence-electron chi connectivity index (χ0n) is 11.5. The molecule has 0 fully saturated rings. The molecule has 0 aliphatic carbocycles. The number of rotatable bonds is 4. The molecule has 19 heavy (non-hydrogen) atoms. The Kier molecular flexibility index (Phi) is 5.32. The van der Waals surface area contributed by atoms with Crippen LogP contribution in [-0.4, -0.2) is 34.6 Å². The van der Waals surface area contributed by atoms with Crippen molar-refractivity contribution in [2.75, 3.05) is 6.61 Å². The highest BCUT2D eigenvalue weighted by atomic mass is 16.6. The molecule has 0 spiro atoms. The molecule has 106 valence electrons. The van der Waals surface area contributed by atoms with Gasteiger partial charge in [0.25, 0.3) is 0 Å². The Morgan fingerprint density at radius 1 is 1.32 bits per heavy atom. The van der Waals surface area contributed by atoms with Gasteiger partial charge < -0.3 is 20.3 Å². The van der Waals surface area contributed by atoms with Gasteiger partial charge >= 0.3 is 6.09 Å². The lowest BCUT2D eigenvalue weighted by molar-refractivity contribution is 0.0316. The first kappa shape index (κ1) is 15.5. The maximum absolute atomic E-state index is 11.7. The molecule has 0 saturated carbocycles. The number of ether oxygens (including phenoxy) is 1. The molecule has 0 aromatic heterocycles. The van der Waals surface area contributed by atoms with Crippen LogP contribution < -0.4 is 5.32 Å². The minimum Gasteiger partial charge on any atom is -0.444 e. The summed E-state index contributed by atoms with van der Waals surface area (Å²) >= 11 is 0. The van der Waals surface area contributed by atoms with Crippen molar-refractivity contribution in [1.29, 1.82) is 0 Å². The molecule has 2 atom stereocenters. The number of hydrogen-bond donors (Lipinski definition) is 3. The van der Waals surface area contributed by atoms with Crippen LogP contribution in [0.3, 0.4) is 0 Å². The van der Waals surface area contributed by atoms with Crippen molar-refractivity contribution in [2.45, 2.75) is 38.5 Å². The van der Waals surface area contributed by atoms with Crippen molar-refractivity contribution in [2.24, 2.45) is 0 Å². The van der Waals surface area contributed by atoms with Crippen molar-refractivity contribution >= 4 is 6.09 Å². The van der Waals surface area contributed by atoms with Crippen LogP contribution >= 0.6 is 0 Å². The standard InChI is InChI=1S/C14H21NO4/c1-14(2,3)19-13(18)15-12(11(17)9-16)10-7-5-4-6-8-10/h4-8,11-12,16-17H,9H2,1-3H3,(H,15,18). The van der Waals surface area contributed by atoms with Crippen LogP contribution in [0.5, 0.6) is 0 Å². The molecule has 2 unspecified atom stereocenters. The number of nitrogens with one attached hydrogen (secondary N) is 1. The summed E-state index contributed by atoms with van der Waals surface area (Å²) in [6, 6.07) is 8.24. The molecule has 5 nitrogen and oxygen atoms in total. The van der Waals surface area contributed by atoms with Crippen molar-refractivity contribution in [1.82, 2.24) is 5.32 Å². The van der Waals surface area contributed by atoms with Crippen LogP contribution in [0.2, 0.25) is 0 Å². The maximum Gasteiger partial charge on any atom is 0.408 e. The van der Waals surface area contributed by atoms with Gasteiger partial charge in [-0.15, -0.1) is 0 Å². The molecule has 5 heteroatoms. The third-order valence-corrected chi connectivity index (χ3v) is 2.40. The van der Waals surface area contributed by atoms with Gasteiger partial charge in [-0.2, -0.15) is 0 Å². The second kappa shape index (κ2) is 6.54. The molecule has 0 radical (unpaired) electrons. The van der Waals surface area contributed by atoms with Crippen molar-refractivity contribution in [3.05, 3.63) is 35.9 Å². The molecule has 0 bridgehead atoms. The number of aliphatic hydroxyl groups excluding tert-OH is 2. The van der Waals surface area contributed by atoms with E-state index >= 15 is 0 Å². The first-order valence-corrected chi connectivity index (χ1v) is 6.17. The van der Waals surface area contributed by atoms with Crippen LogP contribution in [0, 0.1) is 0 Å². The first-order chi connectivity index (χ1) is 8.83. The van der Waals surface area contributed by atoms with Gasteiger partial charge in [-0.1, -0.05) is 30.3 Å². The van der Waals surface area contributed by atoms with Gasteiger partial charge in [-0.3, -0.25) is 0 Å². The van der Waals surface area contributed by atoms with E-state index in [0.717, 1.165) is 0 Å². The van der Waals surface area contributed by atoms with E-state index in [2.05, 4.69) is 5.32 Å². The Hall–Kier alpha value is -1.59. The number of alkyl carbamates (subject to hydrolysis) is 1. The fraction of sp³-hybridized carbons (Fsp3) is 0.500. The van der Waals surface area contributed by atoms with Gasteiger partial charge in [-0.25, -0.2) is 4.79 Å². The van der Waals surface area contributed by atoms with Crippen LogP contribution in [0.1, 0.15) is 32.4 Å². The molecule has 3 N–H and O–H groups in total. The van der Waals surface area contributed by atoms with Crippen LogP contribution in [0.15, 0.2) is 30.3 Å². The summed E-state index contributed by atoms with van der Waals surface area (Å²) in [6.07, 6.45) is -1.72. The smallest absolute Gasteiger partial charge is 0.408 e.